The average Bonchev–Trinajstić information content (AvgIpc) is 1.54. The molecule has 4 aliphatic rings. The number of aldehydes is 1. The van der Waals surface area contributed by atoms with E-state index in [1.807, 2.05) is 214 Å². The van der Waals surface area contributed by atoms with Gasteiger partial charge in [-0.05, 0) is 172 Å². The van der Waals surface area contributed by atoms with Crippen LogP contribution in [0.15, 0.2) is 198 Å². The number of ketones is 1. The van der Waals surface area contributed by atoms with Crippen LogP contribution < -0.4 is 47.2 Å². The van der Waals surface area contributed by atoms with Crippen LogP contribution in [0, 0.1) is 27.7 Å². The predicted octanol–water partition coefficient (Wildman–Crippen LogP) is 13.1. The number of nitrogens with one attached hydrogen (secondary N) is 2. The highest BCUT2D eigenvalue weighted by molar-refractivity contribution is 5.87. The van der Waals surface area contributed by atoms with Crippen molar-refractivity contribution in [2.75, 3.05) is 139 Å². The van der Waals surface area contributed by atoms with Gasteiger partial charge in [0.1, 0.15) is 79.6 Å². The lowest BCUT2D eigenvalue weighted by Crippen LogP contribution is -2.50. The minimum atomic E-state index is -1.00. The third-order valence-corrected chi connectivity index (χ3v) is 21.4. The van der Waals surface area contributed by atoms with E-state index in [0.29, 0.717) is 127 Å². The van der Waals surface area contributed by atoms with Crippen LogP contribution in [0.25, 0.3) is 89.3 Å². The lowest BCUT2D eigenvalue weighted by molar-refractivity contribution is -0.116. The van der Waals surface area contributed by atoms with Crippen molar-refractivity contribution in [3.63, 3.8) is 0 Å². The first-order chi connectivity index (χ1) is 61.3. The van der Waals surface area contributed by atoms with Gasteiger partial charge in [-0.3, -0.25) is 18.8 Å². The fraction of sp³-hybridized carbons (Fsp3) is 0.344. The maximum atomic E-state index is 12.8. The molecule has 2 N–H and O–H groups in total. The van der Waals surface area contributed by atoms with Gasteiger partial charge in [0.25, 0.3) is 0 Å². The Morgan fingerprint density at radius 3 is 1.17 bits per heavy atom. The topological polar surface area (TPSA) is 353 Å². The standard InChI is InChI=1S/C25H27N5O4.C21H21N5O2.C20H19N5O2.C15H21N3O4.C11H12N2O.CH3F.2ClH/c1-16-5-6-30-15-19(27-22(30)11-16)18-12-17-14-26-21(13-20(17)33-23(18)31)28-7-9-29(10-8-28)24(32)34-25(2,3)4;1-14-3-4-26-13-17(23-20(26)9-14)16-10-15-12-22-19(11-18(15)28-21(16)27)25-7-5-24(2)6-8-25;1-13-2-5-25-12-16(23-19(25)8-13)15-9-14-11-22-18(10-17(14)27-20(15)26)24-6-3-21-4-7-24;1-15(2,3)22-14(21)18-6-4-17(5-7-18)13-8-12(20)11(10-19)9-16-13;1-8-3-4-13-7-10(6-9(2)14)12-11(13)5-8;1-2;;/h5-6,11-15H,7-10H2,1-4H3;3-4,9-13H,5-8H2,1-2H3;2,5,8-12,21H,3-4,6-7H2,1H3;8-10H,4-7H2,1-3H3,(H,16,20);3-5,7H,6H2,1-2H3;1H3;2*1H/i;;;;;1D;;. The van der Waals surface area contributed by atoms with Crippen LogP contribution in [0.1, 0.15) is 88.1 Å². The van der Waals surface area contributed by atoms with Crippen LogP contribution in [-0.4, -0.2) is 227 Å². The molecule has 0 spiro atoms. The summed E-state index contributed by atoms with van der Waals surface area (Å²) in [6, 6.07) is 28.2. The monoisotopic (exact) mass is 1800 g/mol. The third kappa shape index (κ3) is 23.4. The number of alkyl halides is 1. The first-order valence-electron chi connectivity index (χ1n) is 42.5. The van der Waals surface area contributed by atoms with Crippen LogP contribution >= 0.6 is 24.8 Å². The van der Waals surface area contributed by atoms with E-state index in [-0.39, 0.29) is 65.0 Å². The van der Waals surface area contributed by atoms with Crippen LogP contribution in [-0.2, 0) is 20.7 Å². The van der Waals surface area contributed by atoms with Gasteiger partial charge in [0.2, 0.25) is 0 Å². The highest BCUT2D eigenvalue weighted by Crippen LogP contribution is 2.30. The number of imidazole rings is 4. The van der Waals surface area contributed by atoms with E-state index in [1.54, 1.807) is 47.4 Å². The number of aromatic amines is 1. The van der Waals surface area contributed by atoms with Crippen LogP contribution in [0.2, 0.25) is 0 Å². The van der Waals surface area contributed by atoms with E-state index in [2.05, 4.69) is 71.8 Å². The lowest BCUT2D eigenvalue weighted by Gasteiger charge is -2.36. The van der Waals surface area contributed by atoms with Gasteiger partial charge in [0.15, 0.2) is 11.7 Å². The SMILES string of the molecule is CC(=O)Cc1cn2ccc(C)cc2n1.CC(C)(C)OC(=O)N1CCN(c2cc(=O)c(C=O)c[nH]2)CC1.Cc1ccn2cc(-c3cc4cnc(N5CCN(C(=O)OC(C)(C)C)CC5)cc4oc3=O)nc2c1.Cc1ccn2cc(-c3cc4cnc(N5CCN(C)CC5)cc4oc3=O)nc2c1.Cc1ccn2cc(-c3cc4cnc(N5CCNCC5)cc4oc3=O)nc2c1.Cl.Cl.[2H]CF. The Labute approximate surface area is 755 Å². The molecule has 0 bridgehead atoms. The molecule has 33 nitrogen and oxygen atoms in total. The van der Waals surface area contributed by atoms with Crippen molar-refractivity contribution in [3.8, 4) is 33.8 Å². The van der Waals surface area contributed by atoms with E-state index in [1.165, 1.54) is 17.8 Å². The lowest BCUT2D eigenvalue weighted by atomic mass is 10.2. The third-order valence-electron chi connectivity index (χ3n) is 21.4. The van der Waals surface area contributed by atoms with Crippen molar-refractivity contribution >= 4 is 128 Å². The van der Waals surface area contributed by atoms with Gasteiger partial charge in [0, 0.05) is 226 Å². The Morgan fingerprint density at radius 1 is 0.481 bits per heavy atom. The largest absolute Gasteiger partial charge is 0.444 e. The number of anilines is 4. The van der Waals surface area contributed by atoms with Gasteiger partial charge in [-0.1, -0.05) is 0 Å². The second-order valence-corrected chi connectivity index (χ2v) is 33.6. The molecule has 15 aromatic heterocycles. The highest BCUT2D eigenvalue weighted by Gasteiger charge is 2.30. The summed E-state index contributed by atoms with van der Waals surface area (Å²) in [6.45, 7) is 32.7. The van der Waals surface area contributed by atoms with Crippen molar-refractivity contribution in [1.29, 1.82) is 0 Å². The zero-order valence-corrected chi connectivity index (χ0v) is 75.6. The minimum absolute atomic E-state index is 0. The number of ether oxygens (including phenoxy) is 2. The summed E-state index contributed by atoms with van der Waals surface area (Å²) in [4.78, 5) is 144. The molecule has 0 aromatic carbocycles. The van der Waals surface area contributed by atoms with Crippen LogP contribution in [0.3, 0.4) is 0 Å². The number of likely N-dealkylation sites (N-methyl/N-ethyl adjacent to an activating group) is 1. The number of H-pyrrole nitrogens is 1. The van der Waals surface area contributed by atoms with E-state index >= 15 is 0 Å². The molecule has 0 aliphatic carbocycles. The Kier molecular flexibility index (Phi) is 29.5. The molecule has 15 aromatic rings. The smallest absolute Gasteiger partial charge is 0.410 e. The number of fused-ring (bicyclic) bond motifs is 7. The molecule has 0 atom stereocenters. The molecule has 4 saturated heterocycles. The highest BCUT2D eigenvalue weighted by atomic mass is 35.5. The van der Waals surface area contributed by atoms with Crippen molar-refractivity contribution in [2.24, 2.45) is 0 Å². The Bertz CT molecular complexity index is 6850. The van der Waals surface area contributed by atoms with Gasteiger partial charge < -0.3 is 84.9 Å². The van der Waals surface area contributed by atoms with E-state index in [4.69, 9.17) is 24.1 Å². The van der Waals surface area contributed by atoms with Crippen LogP contribution in [0.5, 0.6) is 0 Å². The normalized spacial score (nSPS) is 14.3. The maximum Gasteiger partial charge on any atom is 0.410 e. The zero-order valence-electron chi connectivity index (χ0n) is 74.9. The second-order valence-electron chi connectivity index (χ2n) is 33.6. The number of carbonyl (C=O) groups is 4. The Balaban J connectivity index is 0.000000148. The molecule has 4 aliphatic heterocycles. The first-order valence-corrected chi connectivity index (χ1v) is 41.8. The number of piperazine rings is 4. The van der Waals surface area contributed by atoms with E-state index in [9.17, 15) is 42.7 Å². The van der Waals surface area contributed by atoms with Crippen molar-refractivity contribution in [1.82, 2.24) is 77.5 Å². The number of Topliss-reactive ketones (excluding diaryl/α,β-unsaturated/α-hetero) is 1. The maximum absolute atomic E-state index is 12.8. The van der Waals surface area contributed by atoms with Gasteiger partial charge in [-0.2, -0.15) is 0 Å². The molecule has 19 rings (SSSR count). The van der Waals surface area contributed by atoms with E-state index < -0.39 is 24.0 Å². The number of pyridine rings is 8. The summed E-state index contributed by atoms with van der Waals surface area (Å²) in [5.41, 5.74) is 10.8. The summed E-state index contributed by atoms with van der Waals surface area (Å²) in [5.74, 6) is 3.18. The average molecular weight is 1800 g/mol. The van der Waals surface area contributed by atoms with Gasteiger partial charge in [0.05, 0.1) is 53.6 Å². The van der Waals surface area contributed by atoms with Crippen molar-refractivity contribution in [3.05, 3.63) is 240 Å². The second kappa shape index (κ2) is 40.9. The molecule has 2 amide bonds. The molecule has 4 fully saturated rings. The molecule has 0 radical (unpaired) electrons. The number of rotatable bonds is 10. The molecular weight excluding hydrogens is 1700 g/mol. The number of aromatic nitrogens is 12. The summed E-state index contributed by atoms with van der Waals surface area (Å²) in [7, 11) is 1.12. The van der Waals surface area contributed by atoms with Crippen molar-refractivity contribution in [2.45, 2.75) is 93.8 Å². The Morgan fingerprint density at radius 2 is 0.822 bits per heavy atom. The quantitative estimate of drug-likeness (QED) is 0.120. The number of hydrogen-bond donors (Lipinski definition) is 2. The number of amides is 2. The molecule has 36 heteroatoms. The minimum Gasteiger partial charge on any atom is -0.444 e. The number of nitrogens with zero attached hydrogens (tertiary/aromatic N) is 18. The molecule has 0 unspecified atom stereocenters. The van der Waals surface area contributed by atoms with Crippen LogP contribution in [0.4, 0.5) is 37.3 Å². The number of halogens is 3. The van der Waals surface area contributed by atoms with Gasteiger partial charge in [-0.15, -0.1) is 24.8 Å². The summed E-state index contributed by atoms with van der Waals surface area (Å²) >= 11 is 0. The number of aryl methyl sites for hydroxylation is 4. The molecule has 19 heterocycles. The number of hydrogen-bond acceptors (Lipinski definition) is 26. The van der Waals surface area contributed by atoms with E-state index in [0.717, 1.165) is 125 Å². The zero-order chi connectivity index (χ0) is 90.8. The fourth-order valence-electron chi connectivity index (χ4n) is 14.8. The fourth-order valence-corrected chi connectivity index (χ4v) is 14.8. The summed E-state index contributed by atoms with van der Waals surface area (Å²) in [5, 5.41) is 5.62. The molecule has 676 valence electrons. The van der Waals surface area contributed by atoms with Crippen molar-refractivity contribution < 1.29 is 47.7 Å². The first kappa shape index (κ1) is 93.0. The molecular formula is C93H105Cl2FN20O13. The van der Waals surface area contributed by atoms with Gasteiger partial charge >= 0.3 is 29.1 Å². The van der Waals surface area contributed by atoms with Gasteiger partial charge in [-0.25, -0.2) is 58.9 Å². The summed E-state index contributed by atoms with van der Waals surface area (Å²) in [6.07, 6.45) is 22.1. The summed E-state index contributed by atoms with van der Waals surface area (Å²) < 4.78 is 50.8. The Hall–Kier alpha value is -13.7. The molecule has 129 heavy (non-hydrogen) atoms. The molecule has 0 saturated carbocycles. The predicted molar refractivity (Wildman–Crippen MR) is 501 cm³/mol. The number of carbonyl (C=O) groups excluding carboxylic acids is 4.